The van der Waals surface area contributed by atoms with E-state index in [2.05, 4.69) is 27.8 Å². The van der Waals surface area contributed by atoms with E-state index in [-0.39, 0.29) is 28.5 Å². The zero-order valence-electron chi connectivity index (χ0n) is 26.5. The Morgan fingerprint density at radius 1 is 1.06 bits per heavy atom. The highest BCUT2D eigenvalue weighted by Gasteiger charge is 2.42. The number of aryl methyl sites for hydroxylation is 1. The number of rotatable bonds is 11. The van der Waals surface area contributed by atoms with Gasteiger partial charge in [0, 0.05) is 24.1 Å². The summed E-state index contributed by atoms with van der Waals surface area (Å²) < 4.78 is 29.0. The van der Waals surface area contributed by atoms with Gasteiger partial charge in [0.15, 0.2) is 17.3 Å². The van der Waals surface area contributed by atoms with Crippen LogP contribution < -0.4 is 20.1 Å². The second kappa shape index (κ2) is 13.4. The first kappa shape index (κ1) is 32.5. The highest BCUT2D eigenvalue weighted by Crippen LogP contribution is 2.49. The number of aromatic carboxylic acids is 1. The number of halogens is 2. The summed E-state index contributed by atoms with van der Waals surface area (Å²) in [6, 6.07) is 20.3. The van der Waals surface area contributed by atoms with E-state index in [0.29, 0.717) is 40.8 Å². The number of aromatic nitrogens is 3. The molecule has 1 unspecified atom stereocenters. The number of benzene rings is 4. The number of nitrogens with zero attached hydrogens (tertiary/aromatic N) is 3. The molecule has 1 amide bonds. The average molecular weight is 670 g/mol. The van der Waals surface area contributed by atoms with Crippen LogP contribution in [-0.4, -0.2) is 31.7 Å². The zero-order valence-corrected chi connectivity index (χ0v) is 27.3. The fraction of sp³-hybridized carbons (Fsp3) is 0.222. The lowest BCUT2D eigenvalue weighted by molar-refractivity contribution is -0.115. The summed E-state index contributed by atoms with van der Waals surface area (Å²) in [5.41, 5.74) is 4.12. The van der Waals surface area contributed by atoms with E-state index in [0.717, 1.165) is 29.7 Å². The molecule has 48 heavy (non-hydrogen) atoms. The number of anilines is 2. The van der Waals surface area contributed by atoms with Crippen LogP contribution in [0.25, 0.3) is 11.1 Å². The largest absolute Gasteiger partial charge is 0.478 e. The highest BCUT2D eigenvalue weighted by atomic mass is 35.5. The van der Waals surface area contributed by atoms with Crippen LogP contribution >= 0.6 is 11.6 Å². The minimum Gasteiger partial charge on any atom is -0.478 e. The molecule has 0 bridgehead atoms. The zero-order chi connectivity index (χ0) is 34.0. The molecule has 0 spiro atoms. The third kappa shape index (κ3) is 6.54. The monoisotopic (exact) mass is 669 g/mol. The van der Waals surface area contributed by atoms with Crippen molar-refractivity contribution in [2.24, 2.45) is 0 Å². The van der Waals surface area contributed by atoms with Gasteiger partial charge in [0.25, 0.3) is 5.79 Å². The summed E-state index contributed by atoms with van der Waals surface area (Å²) in [6.07, 6.45) is 2.63. The van der Waals surface area contributed by atoms with E-state index in [9.17, 15) is 19.1 Å². The Kier molecular flexibility index (Phi) is 9.05. The van der Waals surface area contributed by atoms with Crippen LogP contribution in [0.15, 0.2) is 79.1 Å². The summed E-state index contributed by atoms with van der Waals surface area (Å²) in [7, 11) is 0. The third-order valence-electron chi connectivity index (χ3n) is 8.18. The van der Waals surface area contributed by atoms with Gasteiger partial charge in [0.05, 0.1) is 35.5 Å². The summed E-state index contributed by atoms with van der Waals surface area (Å²) >= 11 is 5.95. The van der Waals surface area contributed by atoms with Crippen molar-refractivity contribution in [1.82, 2.24) is 14.8 Å². The third-order valence-corrected chi connectivity index (χ3v) is 8.42. The Bertz CT molecular complexity index is 2020. The maximum Gasteiger partial charge on any atom is 0.336 e. The summed E-state index contributed by atoms with van der Waals surface area (Å²) in [4.78, 5) is 25.1. The number of hydrogen-bond donors (Lipinski definition) is 3. The van der Waals surface area contributed by atoms with Crippen LogP contribution in [0.1, 0.15) is 53.1 Å². The van der Waals surface area contributed by atoms with Gasteiger partial charge < -0.3 is 29.8 Å². The van der Waals surface area contributed by atoms with E-state index in [1.807, 2.05) is 41.0 Å². The van der Waals surface area contributed by atoms with Crippen molar-refractivity contribution in [2.45, 2.75) is 52.5 Å². The topological polar surface area (TPSA) is 128 Å². The van der Waals surface area contributed by atoms with Gasteiger partial charge in [-0.2, -0.15) is 0 Å². The van der Waals surface area contributed by atoms with E-state index < -0.39 is 17.6 Å². The fourth-order valence-corrected chi connectivity index (χ4v) is 5.95. The van der Waals surface area contributed by atoms with Gasteiger partial charge in [-0.3, -0.25) is 4.79 Å². The Morgan fingerprint density at radius 2 is 1.85 bits per heavy atom. The number of carboxylic acids is 1. The first-order valence-corrected chi connectivity index (χ1v) is 15.8. The number of amides is 1. The van der Waals surface area contributed by atoms with Crippen LogP contribution in [0, 0.1) is 12.7 Å². The van der Waals surface area contributed by atoms with Gasteiger partial charge in [-0.25, -0.2) is 9.18 Å². The molecule has 1 aromatic heterocycles. The van der Waals surface area contributed by atoms with E-state index >= 15 is 0 Å². The number of nitrogens with one attached hydrogen (secondary N) is 2. The van der Waals surface area contributed by atoms with Crippen molar-refractivity contribution in [3.8, 4) is 22.6 Å². The first-order chi connectivity index (χ1) is 23.1. The van der Waals surface area contributed by atoms with Gasteiger partial charge in [0.1, 0.15) is 12.1 Å². The maximum atomic E-state index is 14.8. The number of carbonyl (C=O) groups is 2. The second-order valence-corrected chi connectivity index (χ2v) is 12.0. The Morgan fingerprint density at radius 3 is 2.58 bits per heavy atom. The molecule has 6 rings (SSSR count). The standard InChI is InChI=1S/C36H33ClFN5O5/c1-4-16-43-20-40-42-31(43)19-39-33-21(2)25(35(45)46)13-15-29(33)41-32(44)17-22-8-10-23(11-9-22)26-6-5-7-30-34(26)48-36(3,47-30)27-14-12-24(37)18-28(27)38/h5-15,18,20,39H,4,16-17,19H2,1-3H3,(H,41,44)(H,45,46). The molecule has 246 valence electrons. The molecule has 0 saturated heterocycles. The summed E-state index contributed by atoms with van der Waals surface area (Å²) in [5.74, 6) is -1.61. The van der Waals surface area contributed by atoms with E-state index in [1.165, 1.54) is 12.1 Å². The quantitative estimate of drug-likeness (QED) is 0.131. The predicted molar refractivity (Wildman–Crippen MR) is 180 cm³/mol. The minimum absolute atomic E-state index is 0.0741. The first-order valence-electron chi connectivity index (χ1n) is 15.4. The molecule has 0 aliphatic carbocycles. The molecule has 0 saturated carbocycles. The van der Waals surface area contributed by atoms with Gasteiger partial charge in [-0.1, -0.05) is 54.9 Å². The van der Waals surface area contributed by atoms with Crippen LogP contribution in [0.3, 0.4) is 0 Å². The molecule has 10 nitrogen and oxygen atoms in total. The fourth-order valence-electron chi connectivity index (χ4n) is 5.79. The lowest BCUT2D eigenvalue weighted by Gasteiger charge is -2.24. The lowest BCUT2D eigenvalue weighted by Crippen LogP contribution is -2.32. The van der Waals surface area contributed by atoms with Gasteiger partial charge in [-0.05, 0) is 66.4 Å². The molecule has 2 heterocycles. The van der Waals surface area contributed by atoms with Gasteiger partial charge in [-0.15, -0.1) is 10.2 Å². The lowest BCUT2D eigenvalue weighted by atomic mass is 10.0. The van der Waals surface area contributed by atoms with Crippen molar-refractivity contribution < 1.29 is 28.6 Å². The average Bonchev–Trinajstić information content (AvgIpc) is 3.64. The summed E-state index contributed by atoms with van der Waals surface area (Å²) in [6.45, 7) is 6.44. The van der Waals surface area contributed by atoms with Gasteiger partial charge in [0.2, 0.25) is 5.91 Å². The van der Waals surface area contributed by atoms with Crippen molar-refractivity contribution >= 4 is 34.9 Å². The molecule has 3 N–H and O–H groups in total. The smallest absolute Gasteiger partial charge is 0.336 e. The number of carboxylic acid groups (broad SMARTS) is 1. The van der Waals surface area contributed by atoms with Crippen molar-refractivity contribution in [3.63, 3.8) is 0 Å². The Labute approximate surface area is 281 Å². The molecule has 4 aromatic carbocycles. The predicted octanol–water partition coefficient (Wildman–Crippen LogP) is 7.59. The SMILES string of the molecule is CCCn1cnnc1CNc1c(NC(=O)Cc2ccc(-c3cccc4c3OC(C)(c3ccc(Cl)cc3F)O4)cc2)ccc(C(=O)O)c1C. The van der Waals surface area contributed by atoms with Crippen LogP contribution in [0.2, 0.25) is 5.02 Å². The van der Waals surface area contributed by atoms with Crippen LogP contribution in [0.4, 0.5) is 15.8 Å². The molecule has 1 aliphatic heterocycles. The van der Waals surface area contributed by atoms with Crippen molar-refractivity contribution in [3.05, 3.63) is 118 Å². The number of hydrogen-bond acceptors (Lipinski definition) is 7. The normalized spacial score (nSPS) is 14.9. The number of para-hydroxylation sites is 1. The van der Waals surface area contributed by atoms with Crippen molar-refractivity contribution in [1.29, 1.82) is 0 Å². The second-order valence-electron chi connectivity index (χ2n) is 11.6. The molecule has 12 heteroatoms. The number of fused-ring (bicyclic) bond motifs is 1. The molecular weight excluding hydrogens is 637 g/mol. The summed E-state index contributed by atoms with van der Waals surface area (Å²) in [5, 5.41) is 24.3. The molecule has 1 atom stereocenters. The maximum absolute atomic E-state index is 14.8. The molecule has 1 aliphatic rings. The minimum atomic E-state index is -1.38. The van der Waals surface area contributed by atoms with E-state index in [4.69, 9.17) is 21.1 Å². The number of carbonyl (C=O) groups excluding carboxylic acids is 1. The molecule has 0 radical (unpaired) electrons. The van der Waals surface area contributed by atoms with Crippen LogP contribution in [-0.2, 0) is 30.1 Å². The number of ether oxygens (including phenoxy) is 2. The van der Waals surface area contributed by atoms with Crippen molar-refractivity contribution in [2.75, 3.05) is 10.6 Å². The Balaban J connectivity index is 1.17. The molecular formula is C36H33ClFN5O5. The molecule has 0 fully saturated rings. The highest BCUT2D eigenvalue weighted by molar-refractivity contribution is 6.30. The Hall–Kier alpha value is -5.42. The van der Waals surface area contributed by atoms with Crippen LogP contribution in [0.5, 0.6) is 11.5 Å². The molecule has 5 aromatic rings. The van der Waals surface area contributed by atoms with E-state index in [1.54, 1.807) is 44.4 Å². The van der Waals surface area contributed by atoms with Gasteiger partial charge >= 0.3 is 5.97 Å².